The van der Waals surface area contributed by atoms with E-state index in [2.05, 4.69) is 16.2 Å². The van der Waals surface area contributed by atoms with Crippen LogP contribution in [0.1, 0.15) is 34.3 Å². The van der Waals surface area contributed by atoms with E-state index in [9.17, 15) is 9.59 Å². The van der Waals surface area contributed by atoms with Gasteiger partial charge in [0.2, 0.25) is 5.91 Å². The summed E-state index contributed by atoms with van der Waals surface area (Å²) in [6.07, 6.45) is 1.55. The minimum absolute atomic E-state index is 0.192. The molecule has 3 N–H and O–H groups in total. The van der Waals surface area contributed by atoms with Gasteiger partial charge in [0.15, 0.2) is 5.11 Å². The molecule has 0 radical (unpaired) electrons. The molecular formula is C20H22N4O2S. The number of thiocarbonyl (C=S) groups is 1. The molecule has 1 saturated heterocycles. The van der Waals surface area contributed by atoms with Crippen LogP contribution in [-0.4, -0.2) is 28.4 Å². The summed E-state index contributed by atoms with van der Waals surface area (Å²) in [5.41, 5.74) is 7.90. The predicted molar refractivity (Wildman–Crippen MR) is 108 cm³/mol. The number of amides is 2. The molecule has 0 spiro atoms. The zero-order valence-electron chi connectivity index (χ0n) is 14.9. The molecule has 0 bridgehead atoms. The van der Waals surface area contributed by atoms with E-state index in [0.29, 0.717) is 30.2 Å². The van der Waals surface area contributed by atoms with Gasteiger partial charge >= 0.3 is 0 Å². The fourth-order valence-electron chi connectivity index (χ4n) is 2.86. The molecule has 0 aromatic heterocycles. The van der Waals surface area contributed by atoms with Gasteiger partial charge < -0.3 is 10.2 Å². The number of rotatable bonds is 5. The van der Waals surface area contributed by atoms with Crippen LogP contribution in [0.5, 0.6) is 0 Å². The van der Waals surface area contributed by atoms with Crippen molar-refractivity contribution in [1.29, 1.82) is 0 Å². The molecule has 2 aromatic carbocycles. The van der Waals surface area contributed by atoms with Gasteiger partial charge in [0.1, 0.15) is 0 Å². The van der Waals surface area contributed by atoms with Gasteiger partial charge in [-0.05, 0) is 41.9 Å². The molecule has 140 valence electrons. The van der Waals surface area contributed by atoms with E-state index < -0.39 is 0 Å². The topological polar surface area (TPSA) is 73.5 Å². The number of likely N-dealkylation sites (tertiary alicyclic amines) is 1. The zero-order chi connectivity index (χ0) is 19.1. The molecule has 0 atom stereocenters. The van der Waals surface area contributed by atoms with Gasteiger partial charge in [0, 0.05) is 31.6 Å². The second-order valence-electron chi connectivity index (χ2n) is 6.36. The van der Waals surface area contributed by atoms with Crippen LogP contribution >= 0.6 is 12.2 Å². The Kier molecular flexibility index (Phi) is 6.38. The van der Waals surface area contributed by atoms with Crippen LogP contribution in [0.4, 0.5) is 0 Å². The first kappa shape index (κ1) is 18.8. The Bertz CT molecular complexity index is 808. The smallest absolute Gasteiger partial charge is 0.269 e. The Morgan fingerprint density at radius 1 is 1.00 bits per heavy atom. The molecule has 27 heavy (non-hydrogen) atoms. The zero-order valence-corrected chi connectivity index (χ0v) is 15.7. The number of hydrazine groups is 1. The van der Waals surface area contributed by atoms with Crippen LogP contribution in [0, 0.1) is 0 Å². The number of benzene rings is 2. The lowest BCUT2D eigenvalue weighted by atomic mass is 10.1. The van der Waals surface area contributed by atoms with Gasteiger partial charge in [0.25, 0.3) is 5.91 Å². The van der Waals surface area contributed by atoms with Gasteiger partial charge in [-0.2, -0.15) is 0 Å². The number of carbonyl (C=O) groups is 2. The van der Waals surface area contributed by atoms with Crippen molar-refractivity contribution in [3.63, 3.8) is 0 Å². The normalized spacial score (nSPS) is 13.3. The summed E-state index contributed by atoms with van der Waals surface area (Å²) >= 11 is 5.16. The van der Waals surface area contributed by atoms with Gasteiger partial charge in [-0.1, -0.05) is 42.5 Å². The SMILES string of the molecule is O=C(NNC(=S)NCc1ccccc1)c1ccc(CN2CCCC2=O)cc1. The van der Waals surface area contributed by atoms with E-state index in [-0.39, 0.29) is 11.8 Å². The average molecular weight is 382 g/mol. The van der Waals surface area contributed by atoms with E-state index in [1.807, 2.05) is 47.4 Å². The molecule has 0 aliphatic carbocycles. The summed E-state index contributed by atoms with van der Waals surface area (Å²) in [4.78, 5) is 25.7. The molecule has 1 heterocycles. The van der Waals surface area contributed by atoms with Crippen LogP contribution in [0.3, 0.4) is 0 Å². The maximum atomic E-state index is 12.2. The minimum Gasteiger partial charge on any atom is -0.357 e. The van der Waals surface area contributed by atoms with Crippen molar-refractivity contribution in [2.75, 3.05) is 6.54 Å². The van der Waals surface area contributed by atoms with E-state index in [1.165, 1.54) is 0 Å². The summed E-state index contributed by atoms with van der Waals surface area (Å²) in [6.45, 7) is 1.97. The number of nitrogens with zero attached hydrogens (tertiary/aromatic N) is 1. The first-order valence-corrected chi connectivity index (χ1v) is 9.27. The molecule has 0 saturated carbocycles. The fourth-order valence-corrected chi connectivity index (χ4v) is 2.98. The summed E-state index contributed by atoms with van der Waals surface area (Å²) in [6, 6.07) is 17.1. The predicted octanol–water partition coefficient (Wildman–Crippen LogP) is 2.12. The third-order valence-electron chi connectivity index (χ3n) is 4.35. The molecule has 1 aliphatic heterocycles. The standard InChI is InChI=1S/C20H22N4O2S/c25-18-7-4-12-24(18)14-16-8-10-17(11-9-16)19(26)22-23-20(27)21-13-15-5-2-1-3-6-15/h1-3,5-6,8-11H,4,7,12-14H2,(H,22,26)(H2,21,23,27). The quantitative estimate of drug-likeness (QED) is 0.546. The summed E-state index contributed by atoms with van der Waals surface area (Å²) < 4.78 is 0. The Morgan fingerprint density at radius 3 is 2.41 bits per heavy atom. The first-order valence-electron chi connectivity index (χ1n) is 8.86. The van der Waals surface area contributed by atoms with E-state index in [0.717, 1.165) is 24.1 Å². The molecule has 1 fully saturated rings. The van der Waals surface area contributed by atoms with Crippen molar-refractivity contribution in [3.8, 4) is 0 Å². The molecule has 2 aromatic rings. The van der Waals surface area contributed by atoms with Crippen molar-refractivity contribution in [3.05, 3.63) is 71.3 Å². The molecule has 0 unspecified atom stereocenters. The number of nitrogens with one attached hydrogen (secondary N) is 3. The molecule has 2 amide bonds. The minimum atomic E-state index is -0.275. The monoisotopic (exact) mass is 382 g/mol. The highest BCUT2D eigenvalue weighted by Gasteiger charge is 2.19. The van der Waals surface area contributed by atoms with Gasteiger partial charge in [-0.15, -0.1) is 0 Å². The van der Waals surface area contributed by atoms with Crippen LogP contribution < -0.4 is 16.2 Å². The van der Waals surface area contributed by atoms with Crippen LogP contribution in [0.15, 0.2) is 54.6 Å². The third kappa shape index (κ3) is 5.52. The maximum Gasteiger partial charge on any atom is 0.269 e. The Balaban J connectivity index is 1.43. The van der Waals surface area contributed by atoms with Crippen LogP contribution in [0.2, 0.25) is 0 Å². The molecular weight excluding hydrogens is 360 g/mol. The van der Waals surface area contributed by atoms with Gasteiger partial charge in [0.05, 0.1) is 0 Å². The van der Waals surface area contributed by atoms with Gasteiger partial charge in [-0.25, -0.2) is 0 Å². The molecule has 6 nitrogen and oxygen atoms in total. The highest BCUT2D eigenvalue weighted by Crippen LogP contribution is 2.14. The summed E-state index contributed by atoms with van der Waals surface area (Å²) in [5, 5.41) is 3.37. The van der Waals surface area contributed by atoms with Gasteiger partial charge in [-0.3, -0.25) is 20.4 Å². The molecule has 7 heteroatoms. The number of hydrogen-bond donors (Lipinski definition) is 3. The van der Waals surface area contributed by atoms with E-state index >= 15 is 0 Å². The van der Waals surface area contributed by atoms with Crippen molar-refractivity contribution < 1.29 is 9.59 Å². The number of hydrogen-bond acceptors (Lipinski definition) is 3. The lowest BCUT2D eigenvalue weighted by Gasteiger charge is -2.15. The van der Waals surface area contributed by atoms with Crippen molar-refractivity contribution in [2.45, 2.75) is 25.9 Å². The second kappa shape index (κ2) is 9.14. The van der Waals surface area contributed by atoms with Crippen molar-refractivity contribution in [2.24, 2.45) is 0 Å². The lowest BCUT2D eigenvalue weighted by molar-refractivity contribution is -0.128. The number of carbonyl (C=O) groups excluding carboxylic acids is 2. The highest BCUT2D eigenvalue weighted by atomic mass is 32.1. The van der Waals surface area contributed by atoms with E-state index in [1.54, 1.807) is 12.1 Å². The summed E-state index contributed by atoms with van der Waals surface area (Å²) in [7, 11) is 0. The fraction of sp³-hybridized carbons (Fsp3) is 0.250. The van der Waals surface area contributed by atoms with Crippen LogP contribution in [0.25, 0.3) is 0 Å². The lowest BCUT2D eigenvalue weighted by Crippen LogP contribution is -2.46. The summed E-state index contributed by atoms with van der Waals surface area (Å²) in [5.74, 6) is -0.0832. The first-order chi connectivity index (χ1) is 13.1. The maximum absolute atomic E-state index is 12.2. The second-order valence-corrected chi connectivity index (χ2v) is 6.77. The largest absolute Gasteiger partial charge is 0.357 e. The Labute approximate surface area is 163 Å². The Hall–Kier alpha value is -2.93. The van der Waals surface area contributed by atoms with Crippen molar-refractivity contribution >= 4 is 29.1 Å². The molecule has 3 rings (SSSR count). The van der Waals surface area contributed by atoms with Crippen LogP contribution in [-0.2, 0) is 17.9 Å². The van der Waals surface area contributed by atoms with Crippen molar-refractivity contribution in [1.82, 2.24) is 21.1 Å². The Morgan fingerprint density at radius 2 is 1.74 bits per heavy atom. The average Bonchev–Trinajstić information content (AvgIpc) is 3.10. The third-order valence-corrected chi connectivity index (χ3v) is 4.59. The highest BCUT2D eigenvalue weighted by molar-refractivity contribution is 7.80. The molecule has 1 aliphatic rings. The van der Waals surface area contributed by atoms with E-state index in [4.69, 9.17) is 12.2 Å².